The minimum Gasteiger partial charge on any atom is -0.292 e. The summed E-state index contributed by atoms with van der Waals surface area (Å²) in [6.07, 6.45) is 5.40. The SMILES string of the molecule is O=C1C2=C(C=CC1Cl)c1ccc3c4ccc5c6c(ccc(c7ccc(c1c37)C2)c64)-c1ccc(Cl)cc1C5. The van der Waals surface area contributed by atoms with Crippen molar-refractivity contribution in [3.8, 4) is 11.1 Å². The summed E-state index contributed by atoms with van der Waals surface area (Å²) in [7, 11) is 0. The smallest absolute Gasteiger partial charge is 0.181 e. The lowest BCUT2D eigenvalue weighted by Crippen LogP contribution is -2.22. The molecule has 6 aromatic rings. The highest BCUT2D eigenvalue weighted by molar-refractivity contribution is 6.39. The van der Waals surface area contributed by atoms with E-state index >= 15 is 0 Å². The number of halogens is 2. The van der Waals surface area contributed by atoms with Crippen LogP contribution in [0.2, 0.25) is 5.02 Å². The third-order valence-corrected chi connectivity index (χ3v) is 9.35. The standard InChI is InChI=1S/C34H18Cl2O/c35-19-3-6-20-18(14-19)13-16-1-4-24-27-10-8-23-21-11-12-29(36)34(37)28(21)15-17-2-5-25(33(27)31(17)23)26-9-7-22(20)30(16)32(24)26/h1-12,14,29H,13,15H2. The molecule has 3 aliphatic carbocycles. The first kappa shape index (κ1) is 20.4. The molecule has 0 aliphatic heterocycles. The Kier molecular flexibility index (Phi) is 3.75. The van der Waals surface area contributed by atoms with Crippen molar-refractivity contribution in [1.82, 2.24) is 0 Å². The third-order valence-electron chi connectivity index (χ3n) is 8.77. The van der Waals surface area contributed by atoms with Gasteiger partial charge in [-0.05, 0) is 101 Å². The van der Waals surface area contributed by atoms with Gasteiger partial charge in [0.1, 0.15) is 5.38 Å². The Balaban J connectivity index is 1.44. The molecule has 1 unspecified atom stereocenters. The number of hydrogen-bond acceptors (Lipinski definition) is 1. The minimum atomic E-state index is -0.569. The van der Waals surface area contributed by atoms with Crippen molar-refractivity contribution in [1.29, 1.82) is 0 Å². The predicted octanol–water partition coefficient (Wildman–Crippen LogP) is 9.02. The van der Waals surface area contributed by atoms with Crippen LogP contribution in [0.25, 0.3) is 59.8 Å². The van der Waals surface area contributed by atoms with Crippen LogP contribution >= 0.6 is 23.2 Å². The van der Waals surface area contributed by atoms with Crippen molar-refractivity contribution in [2.75, 3.05) is 0 Å². The normalized spacial score (nSPS) is 17.9. The molecule has 0 N–H and O–H groups in total. The van der Waals surface area contributed by atoms with Gasteiger partial charge in [-0.15, -0.1) is 11.6 Å². The lowest BCUT2D eigenvalue weighted by Gasteiger charge is -2.28. The quantitative estimate of drug-likeness (QED) is 0.112. The maximum absolute atomic E-state index is 12.9. The highest BCUT2D eigenvalue weighted by Crippen LogP contribution is 2.50. The van der Waals surface area contributed by atoms with Gasteiger partial charge < -0.3 is 0 Å². The molecular weight excluding hydrogens is 495 g/mol. The zero-order valence-electron chi connectivity index (χ0n) is 19.7. The molecule has 0 aromatic heterocycles. The molecule has 37 heavy (non-hydrogen) atoms. The Morgan fingerprint density at radius 1 is 0.622 bits per heavy atom. The Morgan fingerprint density at radius 3 is 1.95 bits per heavy atom. The molecule has 9 rings (SSSR count). The number of fused-ring (bicyclic) bond motifs is 5. The summed E-state index contributed by atoms with van der Waals surface area (Å²) in [5.41, 5.74) is 9.44. The number of carbonyl (C=O) groups excluding carboxylic acids is 1. The Morgan fingerprint density at radius 2 is 1.22 bits per heavy atom. The molecule has 0 spiro atoms. The van der Waals surface area contributed by atoms with E-state index in [-0.39, 0.29) is 5.78 Å². The number of carbonyl (C=O) groups is 1. The number of benzene rings is 6. The van der Waals surface area contributed by atoms with Crippen molar-refractivity contribution in [2.24, 2.45) is 0 Å². The fourth-order valence-corrected chi connectivity index (χ4v) is 7.64. The second-order valence-corrected chi connectivity index (χ2v) is 11.4. The third kappa shape index (κ3) is 2.45. The molecule has 0 heterocycles. The summed E-state index contributed by atoms with van der Waals surface area (Å²) >= 11 is 12.7. The number of allylic oxidation sites excluding steroid dienone is 4. The van der Waals surface area contributed by atoms with Gasteiger partial charge in [-0.2, -0.15) is 0 Å². The molecule has 0 radical (unpaired) electrons. The zero-order valence-corrected chi connectivity index (χ0v) is 21.2. The highest BCUT2D eigenvalue weighted by Gasteiger charge is 2.31. The number of ketones is 1. The van der Waals surface area contributed by atoms with Gasteiger partial charge in [0.15, 0.2) is 5.78 Å². The predicted molar refractivity (Wildman–Crippen MR) is 155 cm³/mol. The molecule has 1 nitrogen and oxygen atoms in total. The summed E-state index contributed by atoms with van der Waals surface area (Å²) in [4.78, 5) is 12.9. The largest absolute Gasteiger partial charge is 0.292 e. The van der Waals surface area contributed by atoms with E-state index in [0.717, 1.165) is 28.2 Å². The molecule has 0 amide bonds. The summed E-state index contributed by atoms with van der Waals surface area (Å²) in [6.45, 7) is 0. The monoisotopic (exact) mass is 512 g/mol. The van der Waals surface area contributed by atoms with Gasteiger partial charge in [0.05, 0.1) is 0 Å². The maximum Gasteiger partial charge on any atom is 0.181 e. The molecule has 6 aromatic carbocycles. The van der Waals surface area contributed by atoms with Crippen LogP contribution in [0.15, 0.2) is 84.5 Å². The first-order valence-electron chi connectivity index (χ1n) is 12.7. The topological polar surface area (TPSA) is 17.1 Å². The molecule has 0 saturated carbocycles. The minimum absolute atomic E-state index is 0.0319. The second kappa shape index (κ2) is 6.81. The van der Waals surface area contributed by atoms with E-state index in [1.54, 1.807) is 0 Å². The molecule has 3 aliphatic rings. The molecular formula is C34H18Cl2O. The number of Topliss-reactive ketones (excluding diaryl/α,β-unsaturated/α-hetero) is 1. The van der Waals surface area contributed by atoms with E-state index in [2.05, 4.69) is 60.7 Å². The Bertz CT molecular complexity index is 2110. The Labute approximate surface area is 222 Å². The Hall–Kier alpha value is -3.65. The van der Waals surface area contributed by atoms with Crippen LogP contribution < -0.4 is 0 Å². The molecule has 3 heteroatoms. The molecule has 174 valence electrons. The van der Waals surface area contributed by atoms with Crippen molar-refractivity contribution < 1.29 is 4.79 Å². The highest BCUT2D eigenvalue weighted by atomic mass is 35.5. The van der Waals surface area contributed by atoms with Gasteiger partial charge in [0.2, 0.25) is 0 Å². The van der Waals surface area contributed by atoms with Gasteiger partial charge >= 0.3 is 0 Å². The second-order valence-electron chi connectivity index (χ2n) is 10.5. The van der Waals surface area contributed by atoms with Crippen LogP contribution in [0.5, 0.6) is 0 Å². The summed E-state index contributed by atoms with van der Waals surface area (Å²) in [5.74, 6) is 0.0319. The van der Waals surface area contributed by atoms with E-state index < -0.39 is 5.38 Å². The first-order valence-corrected chi connectivity index (χ1v) is 13.5. The van der Waals surface area contributed by atoms with Crippen LogP contribution in [0.3, 0.4) is 0 Å². The lowest BCUT2D eigenvalue weighted by molar-refractivity contribution is -0.114. The van der Waals surface area contributed by atoms with Gasteiger partial charge in [-0.3, -0.25) is 4.79 Å². The summed E-state index contributed by atoms with van der Waals surface area (Å²) in [5, 5.41) is 10.6. The van der Waals surface area contributed by atoms with Crippen LogP contribution in [0.1, 0.15) is 22.3 Å². The summed E-state index contributed by atoms with van der Waals surface area (Å²) in [6, 6.07) is 24.4. The fraction of sp³-hybridized carbons (Fsp3) is 0.0882. The van der Waals surface area contributed by atoms with Gasteiger partial charge in [-0.25, -0.2) is 0 Å². The van der Waals surface area contributed by atoms with Crippen molar-refractivity contribution in [3.05, 3.63) is 112 Å². The summed E-state index contributed by atoms with van der Waals surface area (Å²) < 4.78 is 0. The van der Waals surface area contributed by atoms with Gasteiger partial charge in [0.25, 0.3) is 0 Å². The molecule has 0 saturated heterocycles. The van der Waals surface area contributed by atoms with Crippen LogP contribution in [0, 0.1) is 0 Å². The number of rotatable bonds is 0. The van der Waals surface area contributed by atoms with Gasteiger partial charge in [-0.1, -0.05) is 78.4 Å². The lowest BCUT2D eigenvalue weighted by atomic mass is 9.76. The molecule has 1 atom stereocenters. The zero-order chi connectivity index (χ0) is 24.6. The first-order chi connectivity index (χ1) is 18.1. The van der Waals surface area contributed by atoms with E-state index in [9.17, 15) is 4.79 Å². The number of alkyl halides is 1. The van der Waals surface area contributed by atoms with Crippen LogP contribution in [-0.4, -0.2) is 11.2 Å². The van der Waals surface area contributed by atoms with Crippen molar-refractivity contribution in [2.45, 2.75) is 18.2 Å². The number of hydrogen-bond donors (Lipinski definition) is 0. The maximum atomic E-state index is 12.9. The average molecular weight is 513 g/mol. The van der Waals surface area contributed by atoms with Crippen molar-refractivity contribution >= 4 is 77.6 Å². The van der Waals surface area contributed by atoms with E-state index in [4.69, 9.17) is 23.2 Å². The average Bonchev–Trinajstić information content (AvgIpc) is 2.92. The van der Waals surface area contributed by atoms with E-state index in [1.807, 2.05) is 18.2 Å². The van der Waals surface area contributed by atoms with E-state index in [1.165, 1.54) is 70.9 Å². The molecule has 0 bridgehead atoms. The van der Waals surface area contributed by atoms with E-state index in [0.29, 0.717) is 6.42 Å². The molecule has 0 fully saturated rings. The fourth-order valence-electron chi connectivity index (χ4n) is 7.24. The van der Waals surface area contributed by atoms with Crippen LogP contribution in [0.4, 0.5) is 0 Å². The van der Waals surface area contributed by atoms with Crippen molar-refractivity contribution in [3.63, 3.8) is 0 Å². The van der Waals surface area contributed by atoms with Crippen LogP contribution in [-0.2, 0) is 17.6 Å². The van der Waals surface area contributed by atoms with Gasteiger partial charge in [0, 0.05) is 17.0 Å².